The molecule has 2 saturated carbocycles. The van der Waals surface area contributed by atoms with Crippen LogP contribution in [0.2, 0.25) is 0 Å². The number of aliphatic hydroxyl groups is 1. The molecule has 2 rings (SSSR count). The van der Waals surface area contributed by atoms with E-state index in [1.54, 1.807) is 0 Å². The van der Waals surface area contributed by atoms with Gasteiger partial charge in [-0.1, -0.05) is 13.3 Å². The third-order valence-electron chi connectivity index (χ3n) is 5.48. The minimum Gasteiger partial charge on any atom is -0.394 e. The van der Waals surface area contributed by atoms with Crippen molar-refractivity contribution in [3.63, 3.8) is 0 Å². The summed E-state index contributed by atoms with van der Waals surface area (Å²) in [5.41, 5.74) is 0.0391. The highest BCUT2D eigenvalue weighted by Gasteiger charge is 2.44. The summed E-state index contributed by atoms with van der Waals surface area (Å²) in [7, 11) is 2.23. The molecule has 2 aliphatic carbocycles. The van der Waals surface area contributed by atoms with Crippen molar-refractivity contribution in [2.45, 2.75) is 76.4 Å². The topological polar surface area (TPSA) is 35.5 Å². The van der Waals surface area contributed by atoms with E-state index < -0.39 is 0 Å². The second kappa shape index (κ2) is 6.55. The molecule has 0 radical (unpaired) electrons. The molecule has 19 heavy (non-hydrogen) atoms. The van der Waals surface area contributed by atoms with E-state index in [9.17, 15) is 5.11 Å². The van der Waals surface area contributed by atoms with Gasteiger partial charge in [0, 0.05) is 17.6 Å². The standard InChI is InChI=1S/C16H32N2O/c1-4-13(2)18(3)11-9-14-6-5-10-16(14,12-19)17-15-7-8-15/h13-15,17,19H,4-12H2,1-3H3. The van der Waals surface area contributed by atoms with Crippen LogP contribution in [0.5, 0.6) is 0 Å². The fourth-order valence-corrected chi connectivity index (χ4v) is 3.53. The maximum atomic E-state index is 9.91. The summed E-state index contributed by atoms with van der Waals surface area (Å²) in [6, 6.07) is 1.36. The highest BCUT2D eigenvalue weighted by atomic mass is 16.3. The first-order valence-corrected chi connectivity index (χ1v) is 8.20. The fourth-order valence-electron chi connectivity index (χ4n) is 3.53. The molecule has 0 aromatic carbocycles. The Bertz CT molecular complexity index is 280. The van der Waals surface area contributed by atoms with Crippen LogP contribution in [-0.2, 0) is 0 Å². The Morgan fingerprint density at radius 1 is 1.37 bits per heavy atom. The second-order valence-electron chi connectivity index (χ2n) is 6.85. The monoisotopic (exact) mass is 268 g/mol. The number of hydrogen-bond acceptors (Lipinski definition) is 3. The predicted octanol–water partition coefficient (Wildman–Crippen LogP) is 2.39. The molecule has 3 heteroatoms. The van der Waals surface area contributed by atoms with Crippen LogP contribution >= 0.6 is 0 Å². The summed E-state index contributed by atoms with van der Waals surface area (Å²) in [4.78, 5) is 2.47. The molecule has 2 N–H and O–H groups in total. The van der Waals surface area contributed by atoms with E-state index in [1.165, 1.54) is 38.5 Å². The van der Waals surface area contributed by atoms with Gasteiger partial charge in [0.15, 0.2) is 0 Å². The molecule has 2 aliphatic rings. The third-order valence-corrected chi connectivity index (χ3v) is 5.48. The lowest BCUT2D eigenvalue weighted by molar-refractivity contribution is 0.108. The highest BCUT2D eigenvalue weighted by Crippen LogP contribution is 2.40. The smallest absolute Gasteiger partial charge is 0.0616 e. The zero-order chi connectivity index (χ0) is 13.9. The molecule has 0 aromatic heterocycles. The molecule has 2 fully saturated rings. The van der Waals surface area contributed by atoms with Gasteiger partial charge < -0.3 is 15.3 Å². The Morgan fingerprint density at radius 3 is 2.68 bits per heavy atom. The molecule has 0 saturated heterocycles. The molecule has 3 atom stereocenters. The third kappa shape index (κ3) is 3.71. The Labute approximate surface area is 118 Å². The van der Waals surface area contributed by atoms with Gasteiger partial charge in [0.25, 0.3) is 0 Å². The van der Waals surface area contributed by atoms with Gasteiger partial charge in [-0.25, -0.2) is 0 Å². The van der Waals surface area contributed by atoms with Crippen molar-refractivity contribution in [1.29, 1.82) is 0 Å². The van der Waals surface area contributed by atoms with Crippen molar-refractivity contribution in [2.24, 2.45) is 5.92 Å². The van der Waals surface area contributed by atoms with Crippen LogP contribution in [-0.4, -0.2) is 47.8 Å². The van der Waals surface area contributed by atoms with Gasteiger partial charge in [-0.15, -0.1) is 0 Å². The number of nitrogens with one attached hydrogen (secondary N) is 1. The first-order valence-electron chi connectivity index (χ1n) is 8.20. The molecule has 3 nitrogen and oxygen atoms in total. The van der Waals surface area contributed by atoms with Gasteiger partial charge in [0.2, 0.25) is 0 Å². The number of rotatable bonds is 8. The fraction of sp³-hybridized carbons (Fsp3) is 1.00. The van der Waals surface area contributed by atoms with Crippen molar-refractivity contribution < 1.29 is 5.11 Å². The molecule has 0 amide bonds. The summed E-state index contributed by atoms with van der Waals surface area (Å²) >= 11 is 0. The zero-order valence-corrected chi connectivity index (χ0v) is 13.0. The lowest BCUT2D eigenvalue weighted by Gasteiger charge is -2.36. The lowest BCUT2D eigenvalue weighted by atomic mass is 9.85. The van der Waals surface area contributed by atoms with Crippen LogP contribution < -0.4 is 5.32 Å². The summed E-state index contributed by atoms with van der Waals surface area (Å²) in [5, 5.41) is 13.7. The SMILES string of the molecule is CCC(C)N(C)CCC1CCCC1(CO)NC1CC1. The Hall–Kier alpha value is -0.120. The largest absolute Gasteiger partial charge is 0.394 e. The molecule has 0 bridgehead atoms. The molecule has 0 spiro atoms. The van der Waals surface area contributed by atoms with E-state index in [0.29, 0.717) is 24.6 Å². The Kier molecular flexibility index (Phi) is 5.27. The number of aliphatic hydroxyl groups excluding tert-OH is 1. The van der Waals surface area contributed by atoms with Gasteiger partial charge in [-0.3, -0.25) is 0 Å². The van der Waals surface area contributed by atoms with Crippen molar-refractivity contribution in [3.8, 4) is 0 Å². The summed E-state index contributed by atoms with van der Waals surface area (Å²) in [6.45, 7) is 6.04. The van der Waals surface area contributed by atoms with Crippen LogP contribution in [0, 0.1) is 5.92 Å². The molecular formula is C16H32N2O. The summed E-state index contributed by atoms with van der Waals surface area (Å²) < 4.78 is 0. The molecular weight excluding hydrogens is 236 g/mol. The van der Waals surface area contributed by atoms with Crippen molar-refractivity contribution in [3.05, 3.63) is 0 Å². The molecule has 0 aromatic rings. The van der Waals surface area contributed by atoms with E-state index in [-0.39, 0.29) is 5.54 Å². The lowest BCUT2D eigenvalue weighted by Crippen LogP contribution is -2.53. The average molecular weight is 268 g/mol. The van der Waals surface area contributed by atoms with E-state index in [2.05, 4.69) is 31.1 Å². The summed E-state index contributed by atoms with van der Waals surface area (Å²) in [6.07, 6.45) is 8.78. The molecule has 112 valence electrons. The number of nitrogens with zero attached hydrogens (tertiary/aromatic N) is 1. The second-order valence-corrected chi connectivity index (χ2v) is 6.85. The maximum Gasteiger partial charge on any atom is 0.0616 e. The van der Waals surface area contributed by atoms with E-state index in [1.807, 2.05) is 0 Å². The van der Waals surface area contributed by atoms with Crippen LogP contribution in [0.3, 0.4) is 0 Å². The quantitative estimate of drug-likeness (QED) is 0.709. The Morgan fingerprint density at radius 2 is 2.11 bits per heavy atom. The first kappa shape index (κ1) is 15.3. The van der Waals surface area contributed by atoms with Crippen LogP contribution in [0.25, 0.3) is 0 Å². The van der Waals surface area contributed by atoms with Crippen molar-refractivity contribution >= 4 is 0 Å². The van der Waals surface area contributed by atoms with Gasteiger partial charge in [-0.2, -0.15) is 0 Å². The Balaban J connectivity index is 1.86. The normalized spacial score (nSPS) is 33.0. The number of hydrogen-bond donors (Lipinski definition) is 2. The molecule has 0 heterocycles. The summed E-state index contributed by atoms with van der Waals surface area (Å²) in [5.74, 6) is 0.657. The van der Waals surface area contributed by atoms with Gasteiger partial charge in [-0.05, 0) is 65.0 Å². The van der Waals surface area contributed by atoms with Gasteiger partial charge >= 0.3 is 0 Å². The van der Waals surface area contributed by atoms with Gasteiger partial charge in [0.05, 0.1) is 6.61 Å². The predicted molar refractivity (Wildman–Crippen MR) is 80.3 cm³/mol. The van der Waals surface area contributed by atoms with Crippen LogP contribution in [0.15, 0.2) is 0 Å². The first-order chi connectivity index (χ1) is 9.11. The highest BCUT2D eigenvalue weighted by molar-refractivity contribution is 5.03. The van der Waals surface area contributed by atoms with Crippen LogP contribution in [0.4, 0.5) is 0 Å². The van der Waals surface area contributed by atoms with E-state index in [4.69, 9.17) is 0 Å². The molecule has 3 unspecified atom stereocenters. The maximum absolute atomic E-state index is 9.91. The minimum absolute atomic E-state index is 0.0391. The van der Waals surface area contributed by atoms with Crippen LogP contribution in [0.1, 0.15) is 58.8 Å². The van der Waals surface area contributed by atoms with E-state index >= 15 is 0 Å². The zero-order valence-electron chi connectivity index (χ0n) is 13.0. The van der Waals surface area contributed by atoms with Gasteiger partial charge in [0.1, 0.15) is 0 Å². The minimum atomic E-state index is 0.0391. The molecule has 0 aliphatic heterocycles. The van der Waals surface area contributed by atoms with E-state index in [0.717, 1.165) is 13.0 Å². The average Bonchev–Trinajstić information content (AvgIpc) is 3.14. The van der Waals surface area contributed by atoms with Crippen molar-refractivity contribution in [2.75, 3.05) is 20.2 Å². The van der Waals surface area contributed by atoms with Crippen molar-refractivity contribution in [1.82, 2.24) is 10.2 Å².